The summed E-state index contributed by atoms with van der Waals surface area (Å²) in [6.07, 6.45) is 3.90. The van der Waals surface area contributed by atoms with Crippen LogP contribution in [0.3, 0.4) is 0 Å². The zero-order chi connectivity index (χ0) is 25.6. The van der Waals surface area contributed by atoms with Gasteiger partial charge in [0.2, 0.25) is 12.7 Å². The number of carboxylic acid groups (broad SMARTS) is 2. The Labute approximate surface area is 199 Å². The highest BCUT2D eigenvalue weighted by atomic mass is 32.2. The molecule has 0 spiro atoms. The average molecular weight is 505 g/mol. The zero-order valence-electron chi connectivity index (χ0n) is 18.2. The minimum absolute atomic E-state index is 0.0175. The molecule has 3 aromatic rings. The number of nitrogens with one attached hydrogen (secondary N) is 1. The van der Waals surface area contributed by atoms with Crippen LogP contribution in [0.2, 0.25) is 0 Å². The molecule has 1 aliphatic heterocycles. The second kappa shape index (κ2) is 10.8. The van der Waals surface area contributed by atoms with Crippen molar-refractivity contribution in [1.82, 2.24) is 14.3 Å². The lowest BCUT2D eigenvalue weighted by Crippen LogP contribution is -2.14. The smallest absolute Gasteiger partial charge is 0.328 e. The van der Waals surface area contributed by atoms with Gasteiger partial charge in [0, 0.05) is 37.2 Å². The third-order valence-corrected chi connectivity index (χ3v) is 6.20. The number of benzene rings is 1. The molecule has 184 valence electrons. The van der Waals surface area contributed by atoms with Crippen molar-refractivity contribution in [3.05, 3.63) is 72.5 Å². The van der Waals surface area contributed by atoms with Crippen molar-refractivity contribution in [1.29, 1.82) is 0 Å². The van der Waals surface area contributed by atoms with Gasteiger partial charge in [0.1, 0.15) is 0 Å². The summed E-state index contributed by atoms with van der Waals surface area (Å²) < 4.78 is 52.3. The van der Waals surface area contributed by atoms with E-state index in [0.717, 1.165) is 3.97 Å². The molecule has 0 radical (unpaired) electrons. The zero-order valence-corrected chi connectivity index (χ0v) is 19.0. The molecular formula is C22H20FN3O8S. The van der Waals surface area contributed by atoms with Crippen LogP contribution in [0.5, 0.6) is 11.5 Å². The fourth-order valence-corrected chi connectivity index (χ4v) is 4.47. The molecule has 1 aliphatic rings. The Bertz CT molecular complexity index is 1370. The summed E-state index contributed by atoms with van der Waals surface area (Å²) in [5, 5.41) is 18.6. The molecule has 4 rings (SSSR count). The fraction of sp³-hybridized carbons (Fsp3) is 0.136. The number of hydrogen-bond donors (Lipinski definition) is 3. The average Bonchev–Trinajstić information content (AvgIpc) is 3.45. The molecular weight excluding hydrogens is 485 g/mol. The van der Waals surface area contributed by atoms with Crippen LogP contribution in [0.25, 0.3) is 11.3 Å². The number of pyridine rings is 1. The standard InChI is InChI=1S/C18H16FN3O4S.C4H4O4/c1-20-9-12-7-15(14-3-2-6-21-18(14)19)22(10-12)27(23,24)13-4-5-16-17(8-13)26-11-25-16;5-3(6)1-2-4(7)8/h2-8,10,20H,9,11H2,1H3;1-2H,(H,5,6)(H,7,8). The van der Waals surface area contributed by atoms with E-state index in [1.165, 1.54) is 36.7 Å². The fourth-order valence-electron chi connectivity index (χ4n) is 3.06. The molecule has 0 atom stereocenters. The largest absolute Gasteiger partial charge is 0.478 e. The normalized spacial score (nSPS) is 12.3. The number of carbonyl (C=O) groups is 2. The lowest BCUT2D eigenvalue weighted by molar-refractivity contribution is -0.134. The highest BCUT2D eigenvalue weighted by Gasteiger charge is 2.26. The molecule has 2 aromatic heterocycles. The van der Waals surface area contributed by atoms with Crippen LogP contribution in [0.4, 0.5) is 4.39 Å². The third-order valence-electron chi connectivity index (χ3n) is 4.53. The van der Waals surface area contributed by atoms with Gasteiger partial charge in [-0.05, 0) is 42.9 Å². The lowest BCUT2D eigenvalue weighted by atomic mass is 10.2. The van der Waals surface area contributed by atoms with E-state index in [4.69, 9.17) is 19.7 Å². The van der Waals surface area contributed by atoms with Crippen LogP contribution >= 0.6 is 0 Å². The quantitative estimate of drug-likeness (QED) is 0.321. The predicted molar refractivity (Wildman–Crippen MR) is 120 cm³/mol. The number of ether oxygens (including phenoxy) is 2. The number of aliphatic carboxylic acids is 2. The first-order chi connectivity index (χ1) is 16.6. The minimum atomic E-state index is -3.99. The van der Waals surface area contributed by atoms with Gasteiger partial charge in [0.25, 0.3) is 10.0 Å². The van der Waals surface area contributed by atoms with Crippen LogP contribution in [0.15, 0.2) is 65.8 Å². The van der Waals surface area contributed by atoms with E-state index in [-0.39, 0.29) is 22.9 Å². The molecule has 1 aromatic carbocycles. The Morgan fingerprint density at radius 3 is 2.46 bits per heavy atom. The van der Waals surface area contributed by atoms with E-state index in [0.29, 0.717) is 35.8 Å². The molecule has 11 nitrogen and oxygen atoms in total. The van der Waals surface area contributed by atoms with Gasteiger partial charge in [-0.15, -0.1) is 0 Å². The second-order valence-electron chi connectivity index (χ2n) is 6.93. The van der Waals surface area contributed by atoms with Crippen LogP contribution in [0.1, 0.15) is 5.56 Å². The van der Waals surface area contributed by atoms with Gasteiger partial charge in [-0.25, -0.2) is 27.0 Å². The molecule has 0 bridgehead atoms. The maximum Gasteiger partial charge on any atom is 0.328 e. The van der Waals surface area contributed by atoms with E-state index < -0.39 is 27.9 Å². The van der Waals surface area contributed by atoms with Crippen molar-refractivity contribution in [3.8, 4) is 22.8 Å². The summed E-state index contributed by atoms with van der Waals surface area (Å²) in [5.41, 5.74) is 0.993. The molecule has 0 fully saturated rings. The number of nitrogens with zero attached hydrogens (tertiary/aromatic N) is 2. The lowest BCUT2D eigenvalue weighted by Gasteiger charge is -2.11. The molecule has 35 heavy (non-hydrogen) atoms. The van der Waals surface area contributed by atoms with Gasteiger partial charge >= 0.3 is 11.9 Å². The monoisotopic (exact) mass is 505 g/mol. The third kappa shape index (κ3) is 6.02. The molecule has 0 amide bonds. The van der Waals surface area contributed by atoms with Gasteiger partial charge in [0.05, 0.1) is 16.2 Å². The Morgan fingerprint density at radius 2 is 1.83 bits per heavy atom. The Morgan fingerprint density at radius 1 is 1.14 bits per heavy atom. The number of fused-ring (bicyclic) bond motifs is 1. The van der Waals surface area contributed by atoms with E-state index in [1.54, 1.807) is 19.2 Å². The van der Waals surface area contributed by atoms with Crippen LogP contribution in [0, 0.1) is 5.95 Å². The van der Waals surface area contributed by atoms with Crippen molar-refractivity contribution in [2.45, 2.75) is 11.4 Å². The minimum Gasteiger partial charge on any atom is -0.478 e. The van der Waals surface area contributed by atoms with Crippen LogP contribution in [-0.4, -0.2) is 53.4 Å². The highest BCUT2D eigenvalue weighted by molar-refractivity contribution is 7.90. The maximum absolute atomic E-state index is 14.2. The van der Waals surface area contributed by atoms with E-state index in [2.05, 4.69) is 10.3 Å². The second-order valence-corrected chi connectivity index (χ2v) is 8.75. The van der Waals surface area contributed by atoms with Crippen LogP contribution < -0.4 is 14.8 Å². The summed E-state index contributed by atoms with van der Waals surface area (Å²) in [5.74, 6) is -2.42. The summed E-state index contributed by atoms with van der Waals surface area (Å²) in [6.45, 7) is 0.472. The topological polar surface area (TPSA) is 157 Å². The van der Waals surface area contributed by atoms with Gasteiger partial charge in [-0.3, -0.25) is 0 Å². The number of halogens is 1. The highest BCUT2D eigenvalue weighted by Crippen LogP contribution is 2.35. The first-order valence-electron chi connectivity index (χ1n) is 9.89. The summed E-state index contributed by atoms with van der Waals surface area (Å²) in [7, 11) is -2.25. The molecule has 0 saturated heterocycles. The predicted octanol–water partition coefficient (Wildman–Crippen LogP) is 2.09. The molecule has 3 N–H and O–H groups in total. The molecule has 0 unspecified atom stereocenters. The molecule has 13 heteroatoms. The van der Waals surface area contributed by atoms with Gasteiger partial charge in [-0.1, -0.05) is 0 Å². The van der Waals surface area contributed by atoms with Crippen molar-refractivity contribution in [2.75, 3.05) is 13.8 Å². The first-order valence-corrected chi connectivity index (χ1v) is 11.3. The Hall–Kier alpha value is -4.23. The van der Waals surface area contributed by atoms with Gasteiger partial charge in [-0.2, -0.15) is 4.39 Å². The number of hydrogen-bond acceptors (Lipinski definition) is 8. The van der Waals surface area contributed by atoms with Gasteiger partial charge < -0.3 is 25.0 Å². The van der Waals surface area contributed by atoms with Crippen molar-refractivity contribution >= 4 is 22.0 Å². The summed E-state index contributed by atoms with van der Waals surface area (Å²) in [6, 6.07) is 9.05. The number of rotatable bonds is 7. The Balaban J connectivity index is 0.000000371. The maximum atomic E-state index is 14.2. The SMILES string of the molecule is CNCc1cc(-c2cccnc2F)n(S(=O)(=O)c2ccc3c(c2)OCO3)c1.O=C(O)C=CC(=O)O. The molecule has 3 heterocycles. The Kier molecular flexibility index (Phi) is 7.83. The van der Waals surface area contributed by atoms with Crippen molar-refractivity contribution in [2.24, 2.45) is 0 Å². The number of aromatic nitrogens is 2. The summed E-state index contributed by atoms with van der Waals surface area (Å²) >= 11 is 0. The first kappa shape index (κ1) is 25.4. The van der Waals surface area contributed by atoms with Crippen LogP contribution in [-0.2, 0) is 26.2 Å². The molecule has 0 saturated carbocycles. The molecule has 0 aliphatic carbocycles. The van der Waals surface area contributed by atoms with Crippen molar-refractivity contribution in [3.63, 3.8) is 0 Å². The van der Waals surface area contributed by atoms with E-state index in [1.807, 2.05) is 0 Å². The van der Waals surface area contributed by atoms with Gasteiger partial charge in [0.15, 0.2) is 11.5 Å². The summed E-state index contributed by atoms with van der Waals surface area (Å²) in [4.78, 5) is 22.8. The van der Waals surface area contributed by atoms with E-state index in [9.17, 15) is 22.4 Å². The van der Waals surface area contributed by atoms with E-state index >= 15 is 0 Å². The number of carboxylic acids is 2. The van der Waals surface area contributed by atoms with Crippen molar-refractivity contribution < 1.29 is 42.1 Å².